The summed E-state index contributed by atoms with van der Waals surface area (Å²) < 4.78 is 2.68. The number of benzene rings is 1. The summed E-state index contributed by atoms with van der Waals surface area (Å²) in [6, 6.07) is 8.92. The van der Waals surface area contributed by atoms with Gasteiger partial charge in [-0.1, -0.05) is 11.6 Å². The van der Waals surface area contributed by atoms with Gasteiger partial charge in [-0.25, -0.2) is 0 Å². The minimum atomic E-state index is -0.148. The van der Waals surface area contributed by atoms with Crippen LogP contribution < -0.4 is 5.32 Å². The molecule has 2 aromatic rings. The van der Waals surface area contributed by atoms with Crippen molar-refractivity contribution in [3.05, 3.63) is 51.7 Å². The second kappa shape index (κ2) is 5.59. The molecule has 2 rings (SSSR count). The quantitative estimate of drug-likeness (QED) is 0.901. The molecule has 1 amide bonds. The predicted molar refractivity (Wildman–Crippen MR) is 77.2 cm³/mol. The van der Waals surface area contributed by atoms with Crippen molar-refractivity contribution in [3.8, 4) is 0 Å². The van der Waals surface area contributed by atoms with Crippen LogP contribution in [0.2, 0.25) is 5.02 Å². The van der Waals surface area contributed by atoms with Crippen molar-refractivity contribution in [2.45, 2.75) is 13.5 Å². The van der Waals surface area contributed by atoms with Crippen LogP contribution in [0.1, 0.15) is 17.4 Å². The van der Waals surface area contributed by atoms with Gasteiger partial charge in [-0.3, -0.25) is 4.79 Å². The molecular weight excluding hydrogens is 316 g/mol. The van der Waals surface area contributed by atoms with Crippen LogP contribution in [-0.2, 0) is 6.54 Å². The molecule has 94 valence electrons. The van der Waals surface area contributed by atoms with Gasteiger partial charge in [0.2, 0.25) is 0 Å². The highest BCUT2D eigenvalue weighted by atomic mass is 79.9. The van der Waals surface area contributed by atoms with E-state index in [2.05, 4.69) is 21.2 Å². The Kier molecular flexibility index (Phi) is 4.09. The molecule has 0 bridgehead atoms. The third kappa shape index (κ3) is 2.76. The number of halogens is 2. The van der Waals surface area contributed by atoms with E-state index >= 15 is 0 Å². The number of nitrogens with one attached hydrogen (secondary N) is 1. The van der Waals surface area contributed by atoms with Gasteiger partial charge in [0.15, 0.2) is 0 Å². The summed E-state index contributed by atoms with van der Waals surface area (Å²) in [7, 11) is 0. The van der Waals surface area contributed by atoms with E-state index in [1.807, 2.05) is 23.8 Å². The zero-order chi connectivity index (χ0) is 13.1. The largest absolute Gasteiger partial charge is 0.344 e. The molecule has 0 spiro atoms. The summed E-state index contributed by atoms with van der Waals surface area (Å²) >= 11 is 9.28. The van der Waals surface area contributed by atoms with Crippen LogP contribution in [0, 0.1) is 0 Å². The molecular formula is C13H12BrClN2O. The first-order valence-corrected chi connectivity index (χ1v) is 6.70. The standard InChI is InChI=1S/C13H12BrClN2O/c1-2-17-7-3-4-12(17)13(18)16-11-8-9(15)5-6-10(11)14/h3-8H,2H2,1H3,(H,16,18). The summed E-state index contributed by atoms with van der Waals surface area (Å²) in [4.78, 5) is 12.1. The average molecular weight is 328 g/mol. The molecule has 0 aliphatic heterocycles. The first kappa shape index (κ1) is 13.2. The lowest BCUT2D eigenvalue weighted by Gasteiger charge is -2.09. The number of carbonyl (C=O) groups is 1. The molecule has 18 heavy (non-hydrogen) atoms. The van der Waals surface area contributed by atoms with Gasteiger partial charge in [0.05, 0.1) is 5.69 Å². The van der Waals surface area contributed by atoms with Crippen molar-refractivity contribution in [1.82, 2.24) is 4.57 Å². The molecule has 5 heteroatoms. The average Bonchev–Trinajstić information content (AvgIpc) is 2.82. The van der Waals surface area contributed by atoms with Crippen molar-refractivity contribution >= 4 is 39.1 Å². The summed E-state index contributed by atoms with van der Waals surface area (Å²) in [6.07, 6.45) is 1.88. The second-order valence-corrected chi connectivity index (χ2v) is 5.05. The fourth-order valence-corrected chi connectivity index (χ4v) is 2.19. The van der Waals surface area contributed by atoms with E-state index < -0.39 is 0 Å². The Bertz CT molecular complexity index is 580. The van der Waals surface area contributed by atoms with E-state index in [4.69, 9.17) is 11.6 Å². The van der Waals surface area contributed by atoms with Crippen molar-refractivity contribution in [2.75, 3.05) is 5.32 Å². The van der Waals surface area contributed by atoms with Gasteiger partial charge < -0.3 is 9.88 Å². The third-order valence-electron chi connectivity index (χ3n) is 2.58. The first-order chi connectivity index (χ1) is 8.61. The third-order valence-corrected chi connectivity index (χ3v) is 3.51. The molecule has 0 saturated carbocycles. The molecule has 0 aliphatic rings. The van der Waals surface area contributed by atoms with Gasteiger partial charge >= 0.3 is 0 Å². The summed E-state index contributed by atoms with van der Waals surface area (Å²) in [5.41, 5.74) is 1.29. The SMILES string of the molecule is CCn1cccc1C(=O)Nc1cc(Cl)ccc1Br. The Morgan fingerprint density at radius 3 is 2.94 bits per heavy atom. The van der Waals surface area contributed by atoms with E-state index in [-0.39, 0.29) is 5.91 Å². The summed E-state index contributed by atoms with van der Waals surface area (Å²) in [6.45, 7) is 2.75. The Hall–Kier alpha value is -1.26. The van der Waals surface area contributed by atoms with Gasteiger partial charge in [0.25, 0.3) is 5.91 Å². The topological polar surface area (TPSA) is 34.0 Å². The Morgan fingerprint density at radius 1 is 1.44 bits per heavy atom. The number of carbonyl (C=O) groups excluding carboxylic acids is 1. The predicted octanol–water partition coefficient (Wildman–Crippen LogP) is 4.18. The van der Waals surface area contributed by atoms with Crippen LogP contribution in [0.25, 0.3) is 0 Å². The molecule has 1 N–H and O–H groups in total. The molecule has 0 unspecified atom stereocenters. The van der Waals surface area contributed by atoms with E-state index in [1.54, 1.807) is 24.3 Å². The number of amides is 1. The number of anilines is 1. The van der Waals surface area contributed by atoms with Crippen molar-refractivity contribution in [3.63, 3.8) is 0 Å². The van der Waals surface area contributed by atoms with Crippen LogP contribution in [0.3, 0.4) is 0 Å². The van der Waals surface area contributed by atoms with Crippen LogP contribution >= 0.6 is 27.5 Å². The van der Waals surface area contributed by atoms with E-state index in [9.17, 15) is 4.79 Å². The van der Waals surface area contributed by atoms with E-state index in [0.717, 1.165) is 11.0 Å². The maximum absolute atomic E-state index is 12.1. The van der Waals surface area contributed by atoms with Gasteiger partial charge in [-0.15, -0.1) is 0 Å². The molecule has 3 nitrogen and oxygen atoms in total. The van der Waals surface area contributed by atoms with Crippen LogP contribution in [0.5, 0.6) is 0 Å². The van der Waals surface area contributed by atoms with E-state index in [1.165, 1.54) is 0 Å². The number of aromatic nitrogens is 1. The molecule has 1 heterocycles. The Morgan fingerprint density at radius 2 is 2.22 bits per heavy atom. The monoisotopic (exact) mass is 326 g/mol. The van der Waals surface area contributed by atoms with Crippen LogP contribution in [0.15, 0.2) is 41.0 Å². The number of nitrogens with zero attached hydrogens (tertiary/aromatic N) is 1. The maximum atomic E-state index is 12.1. The van der Waals surface area contributed by atoms with Gasteiger partial charge in [0.1, 0.15) is 5.69 Å². The first-order valence-electron chi connectivity index (χ1n) is 5.53. The van der Waals surface area contributed by atoms with E-state index in [0.29, 0.717) is 16.4 Å². The molecule has 0 radical (unpaired) electrons. The Labute approximate surface area is 119 Å². The van der Waals surface area contributed by atoms with Crippen molar-refractivity contribution < 1.29 is 4.79 Å². The van der Waals surface area contributed by atoms with Gasteiger partial charge in [-0.05, 0) is 53.2 Å². The minimum Gasteiger partial charge on any atom is -0.344 e. The molecule has 0 atom stereocenters. The zero-order valence-corrected chi connectivity index (χ0v) is 12.1. The van der Waals surface area contributed by atoms with Crippen molar-refractivity contribution in [2.24, 2.45) is 0 Å². The number of rotatable bonds is 3. The summed E-state index contributed by atoms with van der Waals surface area (Å²) in [5, 5.41) is 3.42. The minimum absolute atomic E-state index is 0.148. The lowest BCUT2D eigenvalue weighted by Crippen LogP contribution is -2.16. The fraction of sp³-hybridized carbons (Fsp3) is 0.154. The van der Waals surface area contributed by atoms with Crippen molar-refractivity contribution in [1.29, 1.82) is 0 Å². The highest BCUT2D eigenvalue weighted by molar-refractivity contribution is 9.10. The number of aryl methyl sites for hydroxylation is 1. The normalized spacial score (nSPS) is 10.4. The lowest BCUT2D eigenvalue weighted by atomic mass is 10.3. The summed E-state index contributed by atoms with van der Waals surface area (Å²) in [5.74, 6) is -0.148. The highest BCUT2D eigenvalue weighted by Crippen LogP contribution is 2.26. The molecule has 0 saturated heterocycles. The zero-order valence-electron chi connectivity index (χ0n) is 9.78. The molecule has 1 aromatic heterocycles. The van der Waals surface area contributed by atoms with Crippen LogP contribution in [0.4, 0.5) is 5.69 Å². The Balaban J connectivity index is 2.24. The number of hydrogen-bond acceptors (Lipinski definition) is 1. The molecule has 1 aromatic carbocycles. The lowest BCUT2D eigenvalue weighted by molar-refractivity contribution is 0.101. The van der Waals surface area contributed by atoms with Gasteiger partial charge in [-0.2, -0.15) is 0 Å². The van der Waals surface area contributed by atoms with Gasteiger partial charge in [0, 0.05) is 22.2 Å². The van der Waals surface area contributed by atoms with Crippen LogP contribution in [-0.4, -0.2) is 10.5 Å². The fourth-order valence-electron chi connectivity index (χ4n) is 1.68. The molecule has 0 fully saturated rings. The number of hydrogen-bond donors (Lipinski definition) is 1. The smallest absolute Gasteiger partial charge is 0.272 e. The highest BCUT2D eigenvalue weighted by Gasteiger charge is 2.11. The second-order valence-electron chi connectivity index (χ2n) is 3.76. The molecule has 0 aliphatic carbocycles. The maximum Gasteiger partial charge on any atom is 0.272 e.